The molecule has 0 radical (unpaired) electrons. The summed E-state index contributed by atoms with van der Waals surface area (Å²) in [5, 5.41) is 0. The van der Waals surface area contributed by atoms with Crippen LogP contribution in [-0.4, -0.2) is 6.29 Å². The Morgan fingerprint density at radius 2 is 2.08 bits per heavy atom. The van der Waals surface area contributed by atoms with Gasteiger partial charge in [0.05, 0.1) is 4.88 Å². The van der Waals surface area contributed by atoms with Gasteiger partial charge in [0, 0.05) is 0 Å². The number of thiophene rings is 1. The SMILES string of the molecule is Cc1cc(C=O)sc1C(F)(F)F. The van der Waals surface area contributed by atoms with Gasteiger partial charge in [-0.3, -0.25) is 4.79 Å². The van der Waals surface area contributed by atoms with E-state index in [9.17, 15) is 18.0 Å². The predicted octanol–water partition coefficient (Wildman–Crippen LogP) is 2.89. The minimum absolute atomic E-state index is 0.106. The number of aryl methyl sites for hydroxylation is 1. The van der Waals surface area contributed by atoms with Gasteiger partial charge < -0.3 is 0 Å². The van der Waals surface area contributed by atoms with Crippen LogP contribution in [0.25, 0.3) is 0 Å². The van der Waals surface area contributed by atoms with Gasteiger partial charge in [-0.2, -0.15) is 13.2 Å². The van der Waals surface area contributed by atoms with Gasteiger partial charge in [0.2, 0.25) is 0 Å². The van der Waals surface area contributed by atoms with Crippen LogP contribution < -0.4 is 0 Å². The van der Waals surface area contributed by atoms with Gasteiger partial charge in [0.15, 0.2) is 6.29 Å². The Hall–Kier alpha value is -0.840. The van der Waals surface area contributed by atoms with Crippen LogP contribution in [0.1, 0.15) is 20.1 Å². The fraction of sp³-hybridized carbons (Fsp3) is 0.286. The van der Waals surface area contributed by atoms with Gasteiger partial charge in [0.1, 0.15) is 4.88 Å². The summed E-state index contributed by atoms with van der Waals surface area (Å²) in [6, 6.07) is 1.24. The molecule has 0 saturated heterocycles. The van der Waals surface area contributed by atoms with E-state index in [-0.39, 0.29) is 10.4 Å². The second-order valence-electron chi connectivity index (χ2n) is 2.28. The van der Waals surface area contributed by atoms with Crippen LogP contribution in [0.3, 0.4) is 0 Å². The smallest absolute Gasteiger partial charge is 0.297 e. The molecular formula is C7H5F3OS. The molecule has 0 aliphatic heterocycles. The highest BCUT2D eigenvalue weighted by molar-refractivity contribution is 7.13. The lowest BCUT2D eigenvalue weighted by atomic mass is 10.3. The molecule has 0 unspecified atom stereocenters. The lowest BCUT2D eigenvalue weighted by Gasteiger charge is -2.02. The quantitative estimate of drug-likeness (QED) is 0.628. The first-order valence-corrected chi connectivity index (χ1v) is 3.89. The molecule has 1 nitrogen and oxygen atoms in total. The number of carbonyl (C=O) groups is 1. The van der Waals surface area contributed by atoms with E-state index >= 15 is 0 Å². The Morgan fingerprint density at radius 3 is 2.33 bits per heavy atom. The van der Waals surface area contributed by atoms with Gasteiger partial charge in [0.25, 0.3) is 0 Å². The number of halogens is 3. The van der Waals surface area contributed by atoms with Crippen molar-refractivity contribution in [3.05, 3.63) is 21.4 Å². The Labute approximate surface area is 70.8 Å². The summed E-state index contributed by atoms with van der Waals surface area (Å²) in [6.07, 6.45) is -3.91. The number of hydrogen-bond donors (Lipinski definition) is 0. The van der Waals surface area contributed by atoms with E-state index in [1.165, 1.54) is 13.0 Å². The highest BCUT2D eigenvalue weighted by Crippen LogP contribution is 2.37. The lowest BCUT2D eigenvalue weighted by molar-refractivity contribution is -0.134. The summed E-state index contributed by atoms with van der Waals surface area (Å²) in [5.74, 6) is 0. The van der Waals surface area contributed by atoms with Crippen LogP contribution in [0.5, 0.6) is 0 Å². The molecule has 0 N–H and O–H groups in total. The standard InChI is InChI=1S/C7H5F3OS/c1-4-2-5(3-11)12-6(4)7(8,9)10/h2-3H,1H3. The molecule has 1 heterocycles. The fourth-order valence-corrected chi connectivity index (χ4v) is 1.70. The predicted molar refractivity (Wildman–Crippen MR) is 39.4 cm³/mol. The Morgan fingerprint density at radius 1 is 1.50 bits per heavy atom. The number of carbonyl (C=O) groups excluding carboxylic acids is 1. The highest BCUT2D eigenvalue weighted by Gasteiger charge is 2.34. The molecule has 66 valence electrons. The van der Waals surface area contributed by atoms with Gasteiger partial charge in [-0.05, 0) is 18.6 Å². The lowest BCUT2D eigenvalue weighted by Crippen LogP contribution is -2.02. The zero-order chi connectivity index (χ0) is 9.35. The van der Waals surface area contributed by atoms with E-state index in [0.29, 0.717) is 17.6 Å². The highest BCUT2D eigenvalue weighted by atomic mass is 32.1. The van der Waals surface area contributed by atoms with Crippen molar-refractivity contribution in [3.63, 3.8) is 0 Å². The monoisotopic (exact) mass is 194 g/mol. The maximum Gasteiger partial charge on any atom is 0.425 e. The van der Waals surface area contributed by atoms with Crippen LogP contribution in [0.4, 0.5) is 13.2 Å². The minimum atomic E-state index is -4.34. The van der Waals surface area contributed by atoms with E-state index < -0.39 is 11.1 Å². The average molecular weight is 194 g/mol. The maximum absolute atomic E-state index is 12.1. The van der Waals surface area contributed by atoms with Gasteiger partial charge in [-0.1, -0.05) is 0 Å². The van der Waals surface area contributed by atoms with E-state index in [0.717, 1.165) is 0 Å². The van der Waals surface area contributed by atoms with Crippen molar-refractivity contribution in [3.8, 4) is 0 Å². The first kappa shape index (κ1) is 9.25. The van der Waals surface area contributed by atoms with Crippen molar-refractivity contribution in [2.75, 3.05) is 0 Å². The van der Waals surface area contributed by atoms with Crippen molar-refractivity contribution in [1.29, 1.82) is 0 Å². The molecule has 5 heteroatoms. The topological polar surface area (TPSA) is 17.1 Å². The van der Waals surface area contributed by atoms with Crippen LogP contribution in [0.2, 0.25) is 0 Å². The zero-order valence-corrected chi connectivity index (χ0v) is 6.92. The molecule has 0 amide bonds. The molecule has 0 saturated carbocycles. The molecule has 1 aromatic rings. The second-order valence-corrected chi connectivity index (χ2v) is 3.36. The molecule has 12 heavy (non-hydrogen) atoms. The number of rotatable bonds is 1. The van der Waals surface area contributed by atoms with Crippen LogP contribution in [0.15, 0.2) is 6.07 Å². The van der Waals surface area contributed by atoms with Crippen molar-refractivity contribution in [1.82, 2.24) is 0 Å². The Bertz CT molecular complexity index is 300. The third-order valence-corrected chi connectivity index (χ3v) is 2.52. The van der Waals surface area contributed by atoms with Crippen LogP contribution >= 0.6 is 11.3 Å². The summed E-state index contributed by atoms with van der Waals surface area (Å²) >= 11 is 0.473. The molecule has 0 atom stereocenters. The van der Waals surface area contributed by atoms with E-state index in [1.807, 2.05) is 0 Å². The second kappa shape index (κ2) is 2.90. The average Bonchev–Trinajstić information content (AvgIpc) is 2.29. The molecule has 0 fully saturated rings. The number of alkyl halides is 3. The summed E-state index contributed by atoms with van der Waals surface area (Å²) in [7, 11) is 0. The van der Waals surface area contributed by atoms with Crippen LogP contribution in [-0.2, 0) is 6.18 Å². The third-order valence-electron chi connectivity index (χ3n) is 1.31. The first-order valence-electron chi connectivity index (χ1n) is 3.08. The Kier molecular flexibility index (Phi) is 2.23. The first-order chi connectivity index (χ1) is 5.45. The molecular weight excluding hydrogens is 189 g/mol. The molecule has 1 aromatic heterocycles. The molecule has 0 spiro atoms. The van der Waals surface area contributed by atoms with Crippen molar-refractivity contribution < 1.29 is 18.0 Å². The molecule has 0 aliphatic rings. The molecule has 0 aromatic carbocycles. The van der Waals surface area contributed by atoms with E-state index in [4.69, 9.17) is 0 Å². The van der Waals surface area contributed by atoms with Crippen molar-refractivity contribution in [2.24, 2.45) is 0 Å². The summed E-state index contributed by atoms with van der Waals surface area (Å²) in [5.41, 5.74) is 0.106. The summed E-state index contributed by atoms with van der Waals surface area (Å²) < 4.78 is 36.3. The van der Waals surface area contributed by atoms with Crippen molar-refractivity contribution >= 4 is 17.6 Å². The van der Waals surface area contributed by atoms with Crippen molar-refractivity contribution in [2.45, 2.75) is 13.1 Å². The van der Waals surface area contributed by atoms with E-state index in [1.54, 1.807) is 0 Å². The van der Waals surface area contributed by atoms with E-state index in [2.05, 4.69) is 0 Å². The number of aldehydes is 1. The fourth-order valence-electron chi connectivity index (χ4n) is 0.846. The largest absolute Gasteiger partial charge is 0.425 e. The van der Waals surface area contributed by atoms with Crippen LogP contribution in [0, 0.1) is 6.92 Å². The third kappa shape index (κ3) is 1.66. The van der Waals surface area contributed by atoms with Gasteiger partial charge >= 0.3 is 6.18 Å². The Balaban J connectivity index is 3.16. The summed E-state index contributed by atoms with van der Waals surface area (Å²) in [6.45, 7) is 1.34. The number of hydrogen-bond acceptors (Lipinski definition) is 2. The molecule has 0 bridgehead atoms. The van der Waals surface area contributed by atoms with Gasteiger partial charge in [-0.25, -0.2) is 0 Å². The normalized spacial score (nSPS) is 11.7. The molecule has 0 aliphatic carbocycles. The zero-order valence-electron chi connectivity index (χ0n) is 6.11. The summed E-state index contributed by atoms with van der Waals surface area (Å²) in [4.78, 5) is 9.56. The van der Waals surface area contributed by atoms with Gasteiger partial charge in [-0.15, -0.1) is 11.3 Å². The minimum Gasteiger partial charge on any atom is -0.297 e. The maximum atomic E-state index is 12.1. The molecule has 1 rings (SSSR count).